The van der Waals surface area contributed by atoms with E-state index in [0.29, 0.717) is 28.9 Å². The Morgan fingerprint density at radius 1 is 1.26 bits per heavy atom. The van der Waals surface area contributed by atoms with Gasteiger partial charge in [-0.25, -0.2) is 0 Å². The lowest BCUT2D eigenvalue weighted by atomic mass is 9.82. The van der Waals surface area contributed by atoms with Crippen LogP contribution in [-0.2, 0) is 10.3 Å². The van der Waals surface area contributed by atoms with Crippen molar-refractivity contribution in [3.05, 3.63) is 65.4 Å². The molecule has 3 N–H and O–H groups in total. The fraction of sp³-hybridized carbons (Fsp3) is 0.292. The van der Waals surface area contributed by atoms with Crippen molar-refractivity contribution in [3.8, 4) is 17.0 Å². The number of H-pyrrole nitrogens is 1. The topological polar surface area (TPSA) is 108 Å². The molecule has 8 nitrogen and oxygen atoms in total. The molecule has 0 fully saturated rings. The molecular formula is C24H25ClF2N4O4. The number of nitrogens with one attached hydrogen (secondary N) is 2. The van der Waals surface area contributed by atoms with Crippen molar-refractivity contribution in [2.24, 2.45) is 0 Å². The van der Waals surface area contributed by atoms with Gasteiger partial charge in [-0.2, -0.15) is 5.10 Å². The third kappa shape index (κ3) is 6.14. The number of aryl methyl sites for hydroxylation is 1. The summed E-state index contributed by atoms with van der Waals surface area (Å²) in [5, 5.41) is 19.0. The van der Waals surface area contributed by atoms with Gasteiger partial charge in [-0.1, -0.05) is 0 Å². The van der Waals surface area contributed by atoms with Gasteiger partial charge in [0.05, 0.1) is 17.8 Å². The van der Waals surface area contributed by atoms with Crippen LogP contribution in [0.15, 0.2) is 48.7 Å². The molecule has 0 spiro atoms. The summed E-state index contributed by atoms with van der Waals surface area (Å²) in [5.74, 6) is -0.591. The molecule has 0 unspecified atom stereocenters. The molecule has 0 bridgehead atoms. The number of hydrogen-bond acceptors (Lipinski definition) is 5. The first-order chi connectivity index (χ1) is 16.5. The molecule has 0 saturated carbocycles. The normalized spacial score (nSPS) is 11.7. The molecular weight excluding hydrogens is 482 g/mol. The molecule has 0 aliphatic heterocycles. The summed E-state index contributed by atoms with van der Waals surface area (Å²) in [4.78, 5) is 26.3. The Bertz CT molecular complexity index is 1180. The number of halogens is 3. The van der Waals surface area contributed by atoms with E-state index >= 15 is 0 Å². The van der Waals surface area contributed by atoms with Gasteiger partial charge in [0.1, 0.15) is 5.75 Å². The van der Waals surface area contributed by atoms with Crippen LogP contribution in [0.5, 0.6) is 5.75 Å². The average molecular weight is 507 g/mol. The Morgan fingerprint density at radius 2 is 1.94 bits per heavy atom. The van der Waals surface area contributed by atoms with Gasteiger partial charge in [-0.3, -0.25) is 14.7 Å². The van der Waals surface area contributed by atoms with Crippen molar-refractivity contribution in [2.75, 3.05) is 18.5 Å². The highest BCUT2D eigenvalue weighted by Crippen LogP contribution is 2.38. The third-order valence-electron chi connectivity index (χ3n) is 5.53. The number of hydrogen-bond donors (Lipinski definition) is 3. The van der Waals surface area contributed by atoms with Gasteiger partial charge in [0.15, 0.2) is 0 Å². The monoisotopic (exact) mass is 506 g/mol. The molecule has 1 aromatic heterocycles. The van der Waals surface area contributed by atoms with Crippen molar-refractivity contribution >= 4 is 29.6 Å². The summed E-state index contributed by atoms with van der Waals surface area (Å²) in [6.07, 6.45) is 2.26. The van der Waals surface area contributed by atoms with Crippen molar-refractivity contribution in [1.29, 1.82) is 0 Å². The summed E-state index contributed by atoms with van der Waals surface area (Å²) in [6.45, 7) is 5.47. The minimum atomic E-state index is -3.84. The average Bonchev–Trinajstić information content (AvgIpc) is 3.31. The molecule has 0 aliphatic rings. The number of carbonyl (C=O) groups is 2. The smallest absolute Gasteiger partial charge is 0.420 e. The Morgan fingerprint density at radius 3 is 2.49 bits per heavy atom. The Hall–Kier alpha value is -3.50. The predicted molar refractivity (Wildman–Crippen MR) is 127 cm³/mol. The number of rotatable bonds is 10. The number of benzene rings is 2. The fourth-order valence-corrected chi connectivity index (χ4v) is 4.10. The highest BCUT2D eigenvalue weighted by Gasteiger charge is 2.33. The van der Waals surface area contributed by atoms with Gasteiger partial charge < -0.3 is 20.1 Å². The zero-order valence-electron chi connectivity index (χ0n) is 19.3. The second kappa shape index (κ2) is 10.4. The highest BCUT2D eigenvalue weighted by atomic mass is 35.5. The maximum absolute atomic E-state index is 13.0. The van der Waals surface area contributed by atoms with Gasteiger partial charge >= 0.3 is 5.57 Å². The molecule has 0 saturated heterocycles. The Balaban J connectivity index is 1.97. The van der Waals surface area contributed by atoms with Crippen LogP contribution in [0.25, 0.3) is 11.3 Å². The van der Waals surface area contributed by atoms with E-state index in [9.17, 15) is 23.5 Å². The predicted octanol–water partition coefficient (Wildman–Crippen LogP) is 4.49. The van der Waals surface area contributed by atoms with Gasteiger partial charge in [-0.15, -0.1) is 8.78 Å². The molecule has 0 atom stereocenters. The first-order valence-corrected chi connectivity index (χ1v) is 11.0. The summed E-state index contributed by atoms with van der Waals surface area (Å²) in [5.41, 5.74) is -1.13. The van der Waals surface area contributed by atoms with E-state index in [1.54, 1.807) is 24.4 Å². The van der Waals surface area contributed by atoms with E-state index in [1.165, 1.54) is 29.2 Å². The van der Waals surface area contributed by atoms with Gasteiger partial charge in [0.25, 0.3) is 5.91 Å². The maximum Gasteiger partial charge on any atom is 0.487 e. The zero-order chi connectivity index (χ0) is 25.8. The summed E-state index contributed by atoms with van der Waals surface area (Å²) in [7, 11) is 0. The fourth-order valence-electron chi connectivity index (χ4n) is 4.01. The largest absolute Gasteiger partial charge is 0.487 e. The lowest BCUT2D eigenvalue weighted by molar-refractivity contribution is -0.123. The van der Waals surface area contributed by atoms with Crippen molar-refractivity contribution < 1.29 is 28.2 Å². The minimum absolute atomic E-state index is 0.135. The number of ether oxygens (including phenoxy) is 1. The summed E-state index contributed by atoms with van der Waals surface area (Å²) >= 11 is 4.77. The molecule has 0 radical (unpaired) electrons. The number of aromatic nitrogens is 2. The molecule has 35 heavy (non-hydrogen) atoms. The molecule has 2 amide bonds. The number of nitrogens with zero attached hydrogens (tertiary/aromatic N) is 2. The highest BCUT2D eigenvalue weighted by molar-refractivity contribution is 6.20. The number of alkyl halides is 3. The molecule has 3 rings (SSSR count). The van der Waals surface area contributed by atoms with Crippen molar-refractivity contribution in [2.45, 2.75) is 31.9 Å². The summed E-state index contributed by atoms with van der Waals surface area (Å²) < 4.78 is 29.9. The van der Waals surface area contributed by atoms with E-state index in [0.717, 1.165) is 11.1 Å². The van der Waals surface area contributed by atoms with E-state index in [4.69, 9.17) is 11.6 Å². The quantitative estimate of drug-likeness (QED) is 0.277. The van der Waals surface area contributed by atoms with Crippen LogP contribution in [0.3, 0.4) is 0 Å². The Labute approximate surface area is 205 Å². The van der Waals surface area contributed by atoms with Crippen molar-refractivity contribution in [1.82, 2.24) is 15.1 Å². The van der Waals surface area contributed by atoms with Crippen LogP contribution >= 0.6 is 11.6 Å². The number of aromatic amines is 1. The van der Waals surface area contributed by atoms with Gasteiger partial charge in [-0.05, 0) is 74.4 Å². The van der Waals surface area contributed by atoms with Crippen LogP contribution in [0.2, 0.25) is 0 Å². The van der Waals surface area contributed by atoms with Gasteiger partial charge in [0, 0.05) is 41.2 Å². The van der Waals surface area contributed by atoms with E-state index < -0.39 is 17.0 Å². The zero-order valence-corrected chi connectivity index (χ0v) is 20.1. The standard InChI is InChI=1S/C24H25ClF2N4O4/c1-15-12-16(22(34)29-17-4-6-18(7-5-17)35-24(25,26)27)13-19(20-8-9-28-30-20)21(15)23(2,3)31(14-33)10-11-32/h4-9,12-14,32H,10-11H2,1-3H3,(H,28,30)(H,29,34). The number of aliphatic hydroxyl groups excluding tert-OH is 1. The van der Waals surface area contributed by atoms with Crippen LogP contribution in [0.4, 0.5) is 14.5 Å². The number of carbonyl (C=O) groups excluding carboxylic acids is 2. The minimum Gasteiger partial charge on any atom is -0.420 e. The Kier molecular flexibility index (Phi) is 7.76. The molecule has 186 valence electrons. The second-order valence-corrected chi connectivity index (χ2v) is 8.73. The SMILES string of the molecule is Cc1cc(C(=O)Nc2ccc(OC(F)(F)Cl)cc2)cc(-c2ccn[nH]2)c1C(C)(C)N(C=O)CCO. The second-order valence-electron chi connectivity index (χ2n) is 8.29. The van der Waals surface area contributed by atoms with Crippen LogP contribution in [0, 0.1) is 6.92 Å². The lowest BCUT2D eigenvalue weighted by Gasteiger charge is -2.38. The number of aliphatic hydroxyl groups is 1. The van der Waals surface area contributed by atoms with E-state index in [-0.39, 0.29) is 18.9 Å². The van der Waals surface area contributed by atoms with Crippen LogP contribution in [0.1, 0.15) is 35.3 Å². The summed E-state index contributed by atoms with van der Waals surface area (Å²) in [6, 6.07) is 10.5. The van der Waals surface area contributed by atoms with Crippen molar-refractivity contribution in [3.63, 3.8) is 0 Å². The van der Waals surface area contributed by atoms with Crippen LogP contribution < -0.4 is 10.1 Å². The van der Waals surface area contributed by atoms with E-state index in [2.05, 4.69) is 20.3 Å². The number of anilines is 1. The first-order valence-electron chi connectivity index (χ1n) is 10.6. The van der Waals surface area contributed by atoms with Gasteiger partial charge in [0.2, 0.25) is 6.41 Å². The van der Waals surface area contributed by atoms with E-state index in [1.807, 2.05) is 20.8 Å². The number of amides is 2. The molecule has 2 aromatic carbocycles. The molecule has 11 heteroatoms. The van der Waals surface area contributed by atoms with Crippen LogP contribution in [-0.4, -0.2) is 51.2 Å². The molecule has 0 aliphatic carbocycles. The first kappa shape index (κ1) is 26.1. The molecule has 3 aromatic rings. The molecule has 1 heterocycles. The maximum atomic E-state index is 13.0. The lowest BCUT2D eigenvalue weighted by Crippen LogP contribution is -2.43. The third-order valence-corrected chi connectivity index (χ3v) is 5.61.